The molecule has 3 aromatic rings. The molecule has 1 heteroatoms. The Balaban J connectivity index is 2.12. The van der Waals surface area contributed by atoms with Gasteiger partial charge in [0.1, 0.15) is 0 Å². The van der Waals surface area contributed by atoms with Gasteiger partial charge in [-0.25, -0.2) is 0 Å². The van der Waals surface area contributed by atoms with Crippen molar-refractivity contribution in [3.8, 4) is 11.1 Å². The van der Waals surface area contributed by atoms with Crippen LogP contribution in [0.2, 0.25) is 5.02 Å². The van der Waals surface area contributed by atoms with Crippen molar-refractivity contribution in [2.24, 2.45) is 0 Å². The van der Waals surface area contributed by atoms with Gasteiger partial charge < -0.3 is 0 Å². The molecule has 20 heavy (non-hydrogen) atoms. The van der Waals surface area contributed by atoms with Crippen molar-refractivity contribution in [2.75, 3.05) is 0 Å². The topological polar surface area (TPSA) is 0 Å². The summed E-state index contributed by atoms with van der Waals surface area (Å²) in [5, 5.41) is 3.26. The van der Waals surface area contributed by atoms with Crippen LogP contribution in [-0.2, 0) is 5.41 Å². The van der Waals surface area contributed by atoms with E-state index in [4.69, 9.17) is 11.6 Å². The highest BCUT2D eigenvalue weighted by molar-refractivity contribution is 6.31. The minimum absolute atomic E-state index is 0.0692. The van der Waals surface area contributed by atoms with Crippen LogP contribution in [-0.4, -0.2) is 0 Å². The molecule has 0 atom stereocenters. The minimum Gasteiger partial charge on any atom is -0.0843 e. The highest BCUT2D eigenvalue weighted by atomic mass is 35.5. The van der Waals surface area contributed by atoms with E-state index in [9.17, 15) is 0 Å². The normalized spacial score (nSPS) is 15.2. The van der Waals surface area contributed by atoms with Crippen molar-refractivity contribution >= 4 is 22.4 Å². The molecule has 4 rings (SSSR count). The third-order valence-electron chi connectivity index (χ3n) is 4.50. The third kappa shape index (κ3) is 1.49. The highest BCUT2D eigenvalue weighted by Crippen LogP contribution is 2.49. The van der Waals surface area contributed by atoms with Gasteiger partial charge in [0.25, 0.3) is 0 Å². The summed E-state index contributed by atoms with van der Waals surface area (Å²) in [6.07, 6.45) is 0. The number of hydrogen-bond donors (Lipinski definition) is 0. The first-order valence-corrected chi connectivity index (χ1v) is 7.29. The molecule has 0 radical (unpaired) electrons. The summed E-state index contributed by atoms with van der Waals surface area (Å²) in [6, 6.07) is 19.4. The second-order valence-corrected chi connectivity index (χ2v) is 6.50. The summed E-state index contributed by atoms with van der Waals surface area (Å²) in [7, 11) is 0. The van der Waals surface area contributed by atoms with Crippen LogP contribution in [0.5, 0.6) is 0 Å². The van der Waals surface area contributed by atoms with Gasteiger partial charge in [-0.2, -0.15) is 0 Å². The molecule has 98 valence electrons. The average molecular weight is 279 g/mol. The molecular formula is C19H15Cl. The van der Waals surface area contributed by atoms with Crippen LogP contribution >= 0.6 is 11.6 Å². The van der Waals surface area contributed by atoms with E-state index in [-0.39, 0.29) is 5.41 Å². The summed E-state index contributed by atoms with van der Waals surface area (Å²) in [5.74, 6) is 0. The number of hydrogen-bond acceptors (Lipinski definition) is 0. The van der Waals surface area contributed by atoms with E-state index in [2.05, 4.69) is 56.3 Å². The Morgan fingerprint density at radius 2 is 1.55 bits per heavy atom. The quantitative estimate of drug-likeness (QED) is 0.487. The first-order chi connectivity index (χ1) is 9.57. The fourth-order valence-electron chi connectivity index (χ4n) is 3.42. The maximum Gasteiger partial charge on any atom is 0.0412 e. The number of fused-ring (bicyclic) bond motifs is 4. The first kappa shape index (κ1) is 12.0. The van der Waals surface area contributed by atoms with Gasteiger partial charge in [0.15, 0.2) is 0 Å². The van der Waals surface area contributed by atoms with Gasteiger partial charge >= 0.3 is 0 Å². The van der Waals surface area contributed by atoms with Gasteiger partial charge in [0.05, 0.1) is 0 Å². The fraction of sp³-hybridized carbons (Fsp3) is 0.158. The molecule has 0 N–H and O–H groups in total. The predicted octanol–water partition coefficient (Wildman–Crippen LogP) is 5.80. The van der Waals surface area contributed by atoms with Crippen LogP contribution in [0.15, 0.2) is 54.6 Å². The van der Waals surface area contributed by atoms with Crippen LogP contribution in [0.4, 0.5) is 0 Å². The van der Waals surface area contributed by atoms with Crippen molar-refractivity contribution in [1.29, 1.82) is 0 Å². The average Bonchev–Trinajstić information content (AvgIpc) is 2.66. The lowest BCUT2D eigenvalue weighted by Crippen LogP contribution is -2.14. The van der Waals surface area contributed by atoms with E-state index in [1.54, 1.807) is 0 Å². The molecule has 0 aromatic heterocycles. The van der Waals surface area contributed by atoms with E-state index < -0.39 is 0 Å². The maximum atomic E-state index is 6.13. The molecule has 0 bridgehead atoms. The van der Waals surface area contributed by atoms with Crippen LogP contribution in [0.3, 0.4) is 0 Å². The standard InChI is InChI=1S/C19H15Cl/c1-19(2)17-6-4-3-5-15(17)16-10-13-9-14(20)8-7-12(13)11-18(16)19/h3-11H,1-2H3. The Morgan fingerprint density at radius 1 is 0.750 bits per heavy atom. The molecule has 1 aliphatic rings. The van der Waals surface area contributed by atoms with Crippen LogP contribution in [0, 0.1) is 0 Å². The third-order valence-corrected chi connectivity index (χ3v) is 4.74. The molecule has 0 saturated carbocycles. The zero-order valence-electron chi connectivity index (χ0n) is 11.6. The van der Waals surface area contributed by atoms with Crippen molar-refractivity contribution in [2.45, 2.75) is 19.3 Å². The molecular weight excluding hydrogens is 264 g/mol. The Bertz CT molecular complexity index is 844. The summed E-state index contributed by atoms with van der Waals surface area (Å²) in [5.41, 5.74) is 5.60. The van der Waals surface area contributed by atoms with Crippen LogP contribution < -0.4 is 0 Å². The monoisotopic (exact) mass is 278 g/mol. The summed E-state index contributed by atoms with van der Waals surface area (Å²) < 4.78 is 0. The van der Waals surface area contributed by atoms with Crippen LogP contribution in [0.1, 0.15) is 25.0 Å². The molecule has 0 saturated heterocycles. The van der Waals surface area contributed by atoms with Crippen molar-refractivity contribution in [3.05, 3.63) is 70.7 Å². The number of benzene rings is 3. The smallest absolute Gasteiger partial charge is 0.0412 e. The van der Waals surface area contributed by atoms with Crippen molar-refractivity contribution in [3.63, 3.8) is 0 Å². The molecule has 0 aliphatic heterocycles. The predicted molar refractivity (Wildman–Crippen MR) is 86.5 cm³/mol. The van der Waals surface area contributed by atoms with Gasteiger partial charge in [-0.3, -0.25) is 0 Å². The summed E-state index contributed by atoms with van der Waals surface area (Å²) in [6.45, 7) is 4.61. The lowest BCUT2D eigenvalue weighted by Gasteiger charge is -2.21. The summed E-state index contributed by atoms with van der Waals surface area (Å²) in [4.78, 5) is 0. The molecule has 1 aliphatic carbocycles. The second kappa shape index (κ2) is 3.86. The Hall–Kier alpha value is -1.79. The van der Waals surface area contributed by atoms with Crippen molar-refractivity contribution < 1.29 is 0 Å². The van der Waals surface area contributed by atoms with E-state index >= 15 is 0 Å². The van der Waals surface area contributed by atoms with E-state index in [1.165, 1.54) is 33.0 Å². The van der Waals surface area contributed by atoms with Crippen LogP contribution in [0.25, 0.3) is 21.9 Å². The van der Waals surface area contributed by atoms with E-state index in [1.807, 2.05) is 12.1 Å². The SMILES string of the molecule is CC1(C)c2ccccc2-c2cc3cc(Cl)ccc3cc21. The molecule has 0 unspecified atom stereocenters. The zero-order chi connectivity index (χ0) is 13.9. The minimum atomic E-state index is 0.0692. The van der Waals surface area contributed by atoms with Gasteiger partial charge in [-0.1, -0.05) is 55.8 Å². The highest BCUT2D eigenvalue weighted by Gasteiger charge is 2.35. The molecule has 0 heterocycles. The Morgan fingerprint density at radius 3 is 2.40 bits per heavy atom. The number of rotatable bonds is 0. The fourth-order valence-corrected chi connectivity index (χ4v) is 3.60. The Labute approximate surface area is 124 Å². The second-order valence-electron chi connectivity index (χ2n) is 6.06. The van der Waals surface area contributed by atoms with Gasteiger partial charge in [-0.05, 0) is 57.3 Å². The summed E-state index contributed by atoms with van der Waals surface area (Å²) >= 11 is 6.13. The number of halogens is 1. The zero-order valence-corrected chi connectivity index (χ0v) is 12.3. The van der Waals surface area contributed by atoms with Gasteiger partial charge in [0.2, 0.25) is 0 Å². The molecule has 0 spiro atoms. The first-order valence-electron chi connectivity index (χ1n) is 6.91. The molecule has 0 fully saturated rings. The maximum absolute atomic E-state index is 6.13. The molecule has 0 nitrogen and oxygen atoms in total. The van der Waals surface area contributed by atoms with Crippen molar-refractivity contribution in [1.82, 2.24) is 0 Å². The lowest BCUT2D eigenvalue weighted by atomic mass is 9.82. The Kier molecular flexibility index (Phi) is 2.32. The van der Waals surface area contributed by atoms with Gasteiger partial charge in [-0.15, -0.1) is 0 Å². The van der Waals surface area contributed by atoms with Gasteiger partial charge in [0, 0.05) is 10.4 Å². The molecule has 0 amide bonds. The largest absolute Gasteiger partial charge is 0.0843 e. The van der Waals surface area contributed by atoms with E-state index in [0.29, 0.717) is 0 Å². The van der Waals surface area contributed by atoms with E-state index in [0.717, 1.165) is 5.02 Å². The lowest BCUT2D eigenvalue weighted by molar-refractivity contribution is 0.661. The molecule has 3 aromatic carbocycles.